The molecule has 0 aliphatic heterocycles. The lowest BCUT2D eigenvalue weighted by atomic mass is 9.93. The first-order valence-electron chi connectivity index (χ1n) is 5.60. The summed E-state index contributed by atoms with van der Waals surface area (Å²) in [5, 5.41) is 7.99. The van der Waals surface area contributed by atoms with Gasteiger partial charge >= 0.3 is 0 Å². The maximum absolute atomic E-state index is 7.99. The average Bonchev–Trinajstić information content (AvgIpc) is 2.38. The first kappa shape index (κ1) is 11.3. The second-order valence-corrected chi connectivity index (χ2v) is 3.98. The SMILES string of the molecule is C=CC(=N)c1c(C)cccc1-c1ccccc1. The van der Waals surface area contributed by atoms with Crippen LogP contribution in [0.4, 0.5) is 0 Å². The number of nitrogens with one attached hydrogen (secondary N) is 1. The molecule has 1 heteroatoms. The Kier molecular flexibility index (Phi) is 3.20. The van der Waals surface area contributed by atoms with Crippen molar-refractivity contribution in [1.29, 1.82) is 5.41 Å². The molecule has 0 radical (unpaired) electrons. The van der Waals surface area contributed by atoms with E-state index in [9.17, 15) is 0 Å². The van der Waals surface area contributed by atoms with Crippen LogP contribution in [0.1, 0.15) is 11.1 Å². The molecular formula is C16H15N. The van der Waals surface area contributed by atoms with Gasteiger partial charge in [-0.25, -0.2) is 0 Å². The Hall–Kier alpha value is -2.15. The Morgan fingerprint density at radius 1 is 1.06 bits per heavy atom. The third-order valence-electron chi connectivity index (χ3n) is 2.83. The minimum Gasteiger partial charge on any atom is -0.300 e. The van der Waals surface area contributed by atoms with Crippen LogP contribution in [0.25, 0.3) is 11.1 Å². The molecule has 2 rings (SSSR count). The fourth-order valence-electron chi connectivity index (χ4n) is 1.99. The third kappa shape index (κ3) is 2.18. The Balaban J connectivity index is 2.66. The van der Waals surface area contributed by atoms with Crippen molar-refractivity contribution in [1.82, 2.24) is 0 Å². The Bertz CT molecular complexity index is 553. The van der Waals surface area contributed by atoms with E-state index < -0.39 is 0 Å². The minimum absolute atomic E-state index is 0.474. The summed E-state index contributed by atoms with van der Waals surface area (Å²) in [6, 6.07) is 16.3. The van der Waals surface area contributed by atoms with Gasteiger partial charge in [0.15, 0.2) is 0 Å². The predicted octanol–water partition coefficient (Wildman–Crippen LogP) is 4.22. The van der Waals surface area contributed by atoms with Gasteiger partial charge in [-0.15, -0.1) is 0 Å². The summed E-state index contributed by atoms with van der Waals surface area (Å²) in [7, 11) is 0. The molecule has 0 amide bonds. The zero-order valence-electron chi connectivity index (χ0n) is 9.90. The third-order valence-corrected chi connectivity index (χ3v) is 2.83. The largest absolute Gasteiger partial charge is 0.300 e. The van der Waals surface area contributed by atoms with Crippen molar-refractivity contribution in [3.05, 3.63) is 72.3 Å². The highest BCUT2D eigenvalue weighted by Gasteiger charge is 2.09. The first-order chi connectivity index (χ1) is 8.24. The van der Waals surface area contributed by atoms with Crippen molar-refractivity contribution >= 4 is 5.71 Å². The molecule has 0 bridgehead atoms. The molecular weight excluding hydrogens is 206 g/mol. The summed E-state index contributed by atoms with van der Waals surface area (Å²) in [4.78, 5) is 0. The summed E-state index contributed by atoms with van der Waals surface area (Å²) in [5.74, 6) is 0. The van der Waals surface area contributed by atoms with Gasteiger partial charge in [0.25, 0.3) is 0 Å². The lowest BCUT2D eigenvalue weighted by Crippen LogP contribution is -2.00. The molecule has 1 nitrogen and oxygen atoms in total. The van der Waals surface area contributed by atoms with Crippen molar-refractivity contribution in [3.63, 3.8) is 0 Å². The van der Waals surface area contributed by atoms with Crippen LogP contribution in [0.2, 0.25) is 0 Å². The highest BCUT2D eigenvalue weighted by molar-refractivity contribution is 6.11. The molecule has 0 saturated carbocycles. The van der Waals surface area contributed by atoms with Crippen molar-refractivity contribution in [2.24, 2.45) is 0 Å². The van der Waals surface area contributed by atoms with E-state index in [1.807, 2.05) is 37.3 Å². The second-order valence-electron chi connectivity index (χ2n) is 3.98. The maximum atomic E-state index is 7.99. The molecule has 0 saturated heterocycles. The van der Waals surface area contributed by atoms with E-state index in [-0.39, 0.29) is 0 Å². The number of hydrogen-bond donors (Lipinski definition) is 1. The van der Waals surface area contributed by atoms with Crippen LogP contribution in [0.5, 0.6) is 0 Å². The van der Waals surface area contributed by atoms with E-state index >= 15 is 0 Å². The normalized spacial score (nSPS) is 9.94. The fourth-order valence-corrected chi connectivity index (χ4v) is 1.99. The zero-order chi connectivity index (χ0) is 12.3. The van der Waals surface area contributed by atoms with E-state index in [1.54, 1.807) is 6.08 Å². The lowest BCUT2D eigenvalue weighted by Gasteiger charge is -2.11. The van der Waals surface area contributed by atoms with E-state index in [1.165, 1.54) is 0 Å². The predicted molar refractivity (Wildman–Crippen MR) is 73.6 cm³/mol. The molecule has 0 aliphatic carbocycles. The molecule has 84 valence electrons. The number of hydrogen-bond acceptors (Lipinski definition) is 1. The number of rotatable bonds is 3. The van der Waals surface area contributed by atoms with Gasteiger partial charge in [0.05, 0.1) is 5.71 Å². The molecule has 17 heavy (non-hydrogen) atoms. The lowest BCUT2D eigenvalue weighted by molar-refractivity contribution is 1.40. The molecule has 2 aromatic rings. The summed E-state index contributed by atoms with van der Waals surface area (Å²) in [6.07, 6.45) is 1.59. The Morgan fingerprint density at radius 3 is 2.41 bits per heavy atom. The Morgan fingerprint density at radius 2 is 1.76 bits per heavy atom. The molecule has 0 heterocycles. The molecule has 0 aliphatic rings. The van der Waals surface area contributed by atoms with Gasteiger partial charge in [-0.05, 0) is 29.7 Å². The quantitative estimate of drug-likeness (QED) is 0.750. The average molecular weight is 221 g/mol. The summed E-state index contributed by atoms with van der Waals surface area (Å²) >= 11 is 0. The summed E-state index contributed by atoms with van der Waals surface area (Å²) < 4.78 is 0. The molecule has 0 spiro atoms. The standard InChI is InChI=1S/C16H15N/c1-3-15(17)16-12(2)8-7-11-14(16)13-9-5-4-6-10-13/h3-11,17H,1H2,2H3. The van der Waals surface area contributed by atoms with Gasteiger partial charge in [-0.1, -0.05) is 55.1 Å². The highest BCUT2D eigenvalue weighted by atomic mass is 14.4. The summed E-state index contributed by atoms with van der Waals surface area (Å²) in [5.41, 5.74) is 4.78. The van der Waals surface area contributed by atoms with Gasteiger partial charge in [0.1, 0.15) is 0 Å². The molecule has 0 unspecified atom stereocenters. The maximum Gasteiger partial charge on any atom is 0.0615 e. The van der Waals surface area contributed by atoms with E-state index in [0.717, 1.165) is 22.3 Å². The van der Waals surface area contributed by atoms with Crippen LogP contribution < -0.4 is 0 Å². The van der Waals surface area contributed by atoms with Crippen molar-refractivity contribution < 1.29 is 0 Å². The van der Waals surface area contributed by atoms with Crippen LogP contribution in [0.3, 0.4) is 0 Å². The summed E-state index contributed by atoms with van der Waals surface area (Å²) in [6.45, 7) is 5.72. The topological polar surface area (TPSA) is 23.9 Å². The number of aryl methyl sites for hydroxylation is 1. The Labute approximate surface area is 102 Å². The van der Waals surface area contributed by atoms with E-state index in [0.29, 0.717) is 5.71 Å². The van der Waals surface area contributed by atoms with E-state index in [4.69, 9.17) is 5.41 Å². The molecule has 0 atom stereocenters. The first-order valence-corrected chi connectivity index (χ1v) is 5.60. The molecule has 1 N–H and O–H groups in total. The molecule has 0 aromatic heterocycles. The monoisotopic (exact) mass is 221 g/mol. The van der Waals surface area contributed by atoms with Crippen molar-refractivity contribution in [3.8, 4) is 11.1 Å². The van der Waals surface area contributed by atoms with Crippen LogP contribution >= 0.6 is 0 Å². The van der Waals surface area contributed by atoms with Crippen molar-refractivity contribution in [2.45, 2.75) is 6.92 Å². The zero-order valence-corrected chi connectivity index (χ0v) is 9.90. The number of allylic oxidation sites excluding steroid dienone is 1. The molecule has 0 fully saturated rings. The molecule has 2 aromatic carbocycles. The fraction of sp³-hybridized carbons (Fsp3) is 0.0625. The second kappa shape index (κ2) is 4.79. The van der Waals surface area contributed by atoms with Gasteiger partial charge < -0.3 is 5.41 Å². The van der Waals surface area contributed by atoms with E-state index in [2.05, 4.69) is 24.8 Å². The van der Waals surface area contributed by atoms with Gasteiger partial charge in [-0.3, -0.25) is 0 Å². The van der Waals surface area contributed by atoms with Gasteiger partial charge in [-0.2, -0.15) is 0 Å². The van der Waals surface area contributed by atoms with Crippen LogP contribution in [-0.4, -0.2) is 5.71 Å². The van der Waals surface area contributed by atoms with Crippen LogP contribution in [0, 0.1) is 12.3 Å². The smallest absolute Gasteiger partial charge is 0.0615 e. The minimum atomic E-state index is 0.474. The van der Waals surface area contributed by atoms with Crippen molar-refractivity contribution in [2.75, 3.05) is 0 Å². The highest BCUT2D eigenvalue weighted by Crippen LogP contribution is 2.26. The van der Waals surface area contributed by atoms with Crippen LogP contribution in [0.15, 0.2) is 61.2 Å². The van der Waals surface area contributed by atoms with Gasteiger partial charge in [0.2, 0.25) is 0 Å². The number of benzene rings is 2. The van der Waals surface area contributed by atoms with Crippen LogP contribution in [-0.2, 0) is 0 Å². The van der Waals surface area contributed by atoms with Gasteiger partial charge in [0, 0.05) is 5.56 Å².